The minimum Gasteiger partial charge on any atom is -0.490 e. The van der Waals surface area contributed by atoms with Gasteiger partial charge in [0, 0.05) is 34.1 Å². The van der Waals surface area contributed by atoms with Gasteiger partial charge in [-0.2, -0.15) is 0 Å². The Kier molecular flexibility index (Phi) is 5.00. The van der Waals surface area contributed by atoms with E-state index < -0.39 is 6.10 Å². The van der Waals surface area contributed by atoms with Crippen LogP contribution in [0.15, 0.2) is 66.7 Å². The van der Waals surface area contributed by atoms with Crippen molar-refractivity contribution in [2.75, 3.05) is 18.5 Å². The molecule has 0 amide bonds. The summed E-state index contributed by atoms with van der Waals surface area (Å²) in [5.74, 6) is 0.784. The molecule has 0 saturated heterocycles. The van der Waals surface area contributed by atoms with Crippen molar-refractivity contribution in [2.45, 2.75) is 13.0 Å². The summed E-state index contributed by atoms with van der Waals surface area (Å²) in [6.07, 6.45) is -0.673. The van der Waals surface area contributed by atoms with Gasteiger partial charge in [-0.3, -0.25) is 4.79 Å². The Balaban J connectivity index is 1.41. The molecule has 1 heterocycles. The number of benzene rings is 3. The summed E-state index contributed by atoms with van der Waals surface area (Å²) in [5.41, 5.74) is 3.59. The van der Waals surface area contributed by atoms with Crippen LogP contribution >= 0.6 is 0 Å². The number of nitrogens with one attached hydrogen (secondary N) is 2. The van der Waals surface area contributed by atoms with E-state index in [-0.39, 0.29) is 12.4 Å². The first-order valence-corrected chi connectivity index (χ1v) is 9.27. The first-order chi connectivity index (χ1) is 13.6. The molecule has 1 aromatic heterocycles. The van der Waals surface area contributed by atoms with Gasteiger partial charge in [0.15, 0.2) is 5.78 Å². The van der Waals surface area contributed by atoms with Crippen LogP contribution in [0.4, 0.5) is 5.69 Å². The van der Waals surface area contributed by atoms with Gasteiger partial charge in [-0.15, -0.1) is 0 Å². The number of hydrogen-bond donors (Lipinski definition) is 3. The van der Waals surface area contributed by atoms with E-state index in [9.17, 15) is 9.90 Å². The van der Waals surface area contributed by atoms with E-state index in [1.54, 1.807) is 12.1 Å². The molecule has 5 heteroatoms. The normalized spacial score (nSPS) is 12.2. The first-order valence-electron chi connectivity index (χ1n) is 9.27. The Hall–Kier alpha value is -3.31. The highest BCUT2D eigenvalue weighted by Gasteiger charge is 2.11. The third kappa shape index (κ3) is 3.70. The maximum absolute atomic E-state index is 11.3. The molecular weight excluding hydrogens is 352 g/mol. The summed E-state index contributed by atoms with van der Waals surface area (Å²) in [7, 11) is 0. The predicted octanol–water partition coefficient (Wildman–Crippen LogP) is 4.38. The molecule has 0 radical (unpaired) electrons. The fourth-order valence-electron chi connectivity index (χ4n) is 3.29. The molecule has 1 unspecified atom stereocenters. The molecule has 3 aromatic carbocycles. The zero-order valence-corrected chi connectivity index (χ0v) is 15.6. The maximum atomic E-state index is 11.3. The number of aromatic nitrogens is 1. The average Bonchev–Trinajstić information content (AvgIpc) is 3.10. The second-order valence-electron chi connectivity index (χ2n) is 6.83. The number of rotatable bonds is 7. The summed E-state index contributed by atoms with van der Waals surface area (Å²) in [5, 5.41) is 15.6. The molecule has 4 rings (SSSR count). The smallest absolute Gasteiger partial charge is 0.159 e. The number of aliphatic hydroxyl groups excluding tert-OH is 1. The van der Waals surface area contributed by atoms with Gasteiger partial charge in [0.25, 0.3) is 0 Å². The van der Waals surface area contributed by atoms with Crippen molar-refractivity contribution in [3.63, 3.8) is 0 Å². The Labute approximate surface area is 163 Å². The highest BCUT2D eigenvalue weighted by Crippen LogP contribution is 2.32. The van der Waals surface area contributed by atoms with Crippen molar-refractivity contribution < 1.29 is 14.6 Å². The monoisotopic (exact) mass is 374 g/mol. The molecule has 0 bridgehead atoms. The fourth-order valence-corrected chi connectivity index (χ4v) is 3.29. The molecule has 142 valence electrons. The number of H-pyrrole nitrogens is 1. The van der Waals surface area contributed by atoms with Gasteiger partial charge in [0.05, 0.1) is 5.52 Å². The Morgan fingerprint density at radius 3 is 2.57 bits per heavy atom. The summed E-state index contributed by atoms with van der Waals surface area (Å²) < 4.78 is 5.93. The number of ether oxygens (including phenoxy) is 1. The minimum absolute atomic E-state index is 0.0337. The lowest BCUT2D eigenvalue weighted by Crippen LogP contribution is -2.26. The van der Waals surface area contributed by atoms with E-state index in [2.05, 4.69) is 16.4 Å². The van der Waals surface area contributed by atoms with Crippen molar-refractivity contribution in [3.8, 4) is 5.75 Å². The molecule has 28 heavy (non-hydrogen) atoms. The van der Waals surface area contributed by atoms with Crippen molar-refractivity contribution in [2.24, 2.45) is 0 Å². The van der Waals surface area contributed by atoms with Gasteiger partial charge in [-0.1, -0.05) is 24.3 Å². The number of carbonyl (C=O) groups excluding carboxylic acids is 1. The van der Waals surface area contributed by atoms with Crippen LogP contribution in [0, 0.1) is 0 Å². The van der Waals surface area contributed by atoms with Crippen molar-refractivity contribution in [1.82, 2.24) is 4.98 Å². The number of hydrogen-bond acceptors (Lipinski definition) is 4. The van der Waals surface area contributed by atoms with Crippen LogP contribution < -0.4 is 10.1 Å². The molecule has 0 fully saturated rings. The van der Waals surface area contributed by atoms with Gasteiger partial charge >= 0.3 is 0 Å². The van der Waals surface area contributed by atoms with Gasteiger partial charge in [0.1, 0.15) is 18.5 Å². The maximum Gasteiger partial charge on any atom is 0.159 e. The number of ketones is 1. The zero-order chi connectivity index (χ0) is 19.5. The molecule has 4 aromatic rings. The Bertz CT molecular complexity index is 1120. The topological polar surface area (TPSA) is 74.3 Å². The van der Waals surface area contributed by atoms with E-state index in [1.807, 2.05) is 48.5 Å². The lowest BCUT2D eigenvalue weighted by Gasteiger charge is -2.15. The van der Waals surface area contributed by atoms with E-state index in [4.69, 9.17) is 4.74 Å². The number of anilines is 1. The van der Waals surface area contributed by atoms with E-state index in [0.717, 1.165) is 33.2 Å². The molecule has 0 spiro atoms. The van der Waals surface area contributed by atoms with Crippen molar-refractivity contribution in [3.05, 3.63) is 72.3 Å². The molecule has 0 aliphatic heterocycles. The minimum atomic E-state index is -0.673. The van der Waals surface area contributed by atoms with Crippen molar-refractivity contribution >= 4 is 33.3 Å². The van der Waals surface area contributed by atoms with Crippen LogP contribution in [0.3, 0.4) is 0 Å². The number of aromatic amines is 1. The second kappa shape index (κ2) is 7.74. The first kappa shape index (κ1) is 18.1. The molecule has 3 N–H and O–H groups in total. The van der Waals surface area contributed by atoms with E-state index in [0.29, 0.717) is 12.1 Å². The number of Topliss-reactive ketones (excluding diaryl/α,β-unsaturated/α-hetero) is 1. The van der Waals surface area contributed by atoms with Gasteiger partial charge in [0.2, 0.25) is 0 Å². The predicted molar refractivity (Wildman–Crippen MR) is 112 cm³/mol. The van der Waals surface area contributed by atoms with Crippen LogP contribution in [-0.2, 0) is 0 Å². The van der Waals surface area contributed by atoms with Gasteiger partial charge in [-0.25, -0.2) is 0 Å². The molecular formula is C23H22N2O3. The number of para-hydroxylation sites is 1. The summed E-state index contributed by atoms with van der Waals surface area (Å²) in [6, 6.07) is 21.2. The number of aliphatic hydroxyl groups is 1. The molecule has 0 aliphatic rings. The summed E-state index contributed by atoms with van der Waals surface area (Å²) in [6.45, 7) is 2.07. The van der Waals surface area contributed by atoms with Crippen LogP contribution in [-0.4, -0.2) is 35.1 Å². The van der Waals surface area contributed by atoms with Gasteiger partial charge in [-0.05, 0) is 49.4 Å². The average molecular weight is 374 g/mol. The standard InChI is InChI=1S/C23H22N2O3/c1-15(26)16-9-11-17(12-10-16)24-13-18(27)14-28-22-8-4-7-21-23(22)19-5-2-3-6-20(19)25-21/h2-12,18,24-25,27H,13-14H2,1H3. The Morgan fingerprint density at radius 1 is 1.04 bits per heavy atom. The van der Waals surface area contributed by atoms with Crippen LogP contribution in [0.5, 0.6) is 5.75 Å². The highest BCUT2D eigenvalue weighted by molar-refractivity contribution is 6.10. The molecule has 5 nitrogen and oxygen atoms in total. The second-order valence-corrected chi connectivity index (χ2v) is 6.83. The largest absolute Gasteiger partial charge is 0.490 e. The number of fused-ring (bicyclic) bond motifs is 3. The number of carbonyl (C=O) groups is 1. The summed E-state index contributed by atoms with van der Waals surface area (Å²) in [4.78, 5) is 14.7. The summed E-state index contributed by atoms with van der Waals surface area (Å²) >= 11 is 0. The fraction of sp³-hybridized carbons (Fsp3) is 0.174. The lowest BCUT2D eigenvalue weighted by atomic mass is 10.1. The quantitative estimate of drug-likeness (QED) is 0.420. The van der Waals surface area contributed by atoms with Crippen LogP contribution in [0.25, 0.3) is 21.8 Å². The Morgan fingerprint density at radius 2 is 1.79 bits per heavy atom. The highest BCUT2D eigenvalue weighted by atomic mass is 16.5. The molecule has 0 saturated carbocycles. The SMILES string of the molecule is CC(=O)c1ccc(NCC(O)COc2cccc3[nH]c4ccccc4c23)cc1. The molecule has 1 atom stereocenters. The van der Waals surface area contributed by atoms with Gasteiger partial charge < -0.3 is 20.1 Å². The zero-order valence-electron chi connectivity index (χ0n) is 15.6. The van der Waals surface area contributed by atoms with Crippen LogP contribution in [0.2, 0.25) is 0 Å². The van der Waals surface area contributed by atoms with E-state index in [1.165, 1.54) is 6.92 Å². The third-order valence-electron chi connectivity index (χ3n) is 4.76. The third-order valence-corrected chi connectivity index (χ3v) is 4.76. The van der Waals surface area contributed by atoms with Crippen molar-refractivity contribution in [1.29, 1.82) is 0 Å². The van der Waals surface area contributed by atoms with E-state index >= 15 is 0 Å². The lowest BCUT2D eigenvalue weighted by molar-refractivity contribution is 0.101. The van der Waals surface area contributed by atoms with Crippen LogP contribution in [0.1, 0.15) is 17.3 Å². The molecule has 0 aliphatic carbocycles.